The minimum absolute atomic E-state index is 0.0199. The Balaban J connectivity index is 1.79. The molecule has 0 radical (unpaired) electrons. The molecule has 5 heteroatoms. The highest BCUT2D eigenvalue weighted by Gasteiger charge is 2.30. The second kappa shape index (κ2) is 13.6. The quantitative estimate of drug-likeness (QED) is 0.383. The van der Waals surface area contributed by atoms with Gasteiger partial charge in [0, 0.05) is 25.3 Å². The van der Waals surface area contributed by atoms with E-state index < -0.39 is 6.04 Å². The van der Waals surface area contributed by atoms with Gasteiger partial charge in [0.2, 0.25) is 11.8 Å². The van der Waals surface area contributed by atoms with E-state index >= 15 is 0 Å². The van der Waals surface area contributed by atoms with Gasteiger partial charge in [-0.25, -0.2) is 0 Å². The molecule has 0 saturated carbocycles. The molecule has 4 nitrogen and oxygen atoms in total. The van der Waals surface area contributed by atoms with E-state index in [4.69, 9.17) is 0 Å². The van der Waals surface area contributed by atoms with Gasteiger partial charge >= 0.3 is 0 Å². The van der Waals surface area contributed by atoms with E-state index in [-0.39, 0.29) is 11.8 Å². The van der Waals surface area contributed by atoms with Crippen molar-refractivity contribution in [1.82, 2.24) is 10.2 Å². The second-order valence-electron chi connectivity index (χ2n) is 8.48. The molecule has 1 unspecified atom stereocenters. The molecule has 0 aliphatic heterocycles. The number of aryl methyl sites for hydroxylation is 1. The predicted octanol–water partition coefficient (Wildman–Crippen LogP) is 5.39. The molecular weight excluding hydrogens is 440 g/mol. The zero-order valence-corrected chi connectivity index (χ0v) is 20.9. The van der Waals surface area contributed by atoms with Crippen molar-refractivity contribution in [1.29, 1.82) is 0 Å². The lowest BCUT2D eigenvalue weighted by atomic mass is 10.0. The molecule has 1 N–H and O–H groups in total. The molecule has 34 heavy (non-hydrogen) atoms. The van der Waals surface area contributed by atoms with Crippen LogP contribution in [0.4, 0.5) is 0 Å². The molecule has 0 fully saturated rings. The van der Waals surface area contributed by atoms with Gasteiger partial charge in [0.25, 0.3) is 0 Å². The summed E-state index contributed by atoms with van der Waals surface area (Å²) in [7, 11) is 0. The molecule has 0 heterocycles. The van der Waals surface area contributed by atoms with Crippen molar-refractivity contribution >= 4 is 23.6 Å². The molecule has 0 bridgehead atoms. The largest absolute Gasteiger partial charge is 0.354 e. The number of carbonyl (C=O) groups is 2. The average molecular weight is 475 g/mol. The van der Waals surface area contributed by atoms with Gasteiger partial charge < -0.3 is 10.2 Å². The maximum Gasteiger partial charge on any atom is 0.243 e. The minimum atomic E-state index is -0.568. The monoisotopic (exact) mass is 474 g/mol. The molecule has 0 saturated heterocycles. The van der Waals surface area contributed by atoms with Gasteiger partial charge in [-0.1, -0.05) is 97.4 Å². The number of nitrogens with zero attached hydrogens (tertiary/aromatic N) is 1. The van der Waals surface area contributed by atoms with Gasteiger partial charge in [0.15, 0.2) is 0 Å². The SMILES string of the molecule is CCCNC(=O)C(Cc1ccccc1)N(Cc1ccccc1)C(=O)CSCc1ccc(C)cc1. The summed E-state index contributed by atoms with van der Waals surface area (Å²) < 4.78 is 0. The first-order valence-corrected chi connectivity index (χ1v) is 13.0. The Morgan fingerprint density at radius 3 is 2.09 bits per heavy atom. The van der Waals surface area contributed by atoms with Crippen molar-refractivity contribution in [3.63, 3.8) is 0 Å². The standard InChI is InChI=1S/C29H34N2O2S/c1-3-18-30-29(33)27(19-24-10-6-4-7-11-24)31(20-25-12-8-5-9-13-25)28(32)22-34-21-26-16-14-23(2)15-17-26/h4-17,27H,3,18-22H2,1-2H3,(H,30,33). The Hall–Kier alpha value is -3.05. The maximum absolute atomic E-state index is 13.5. The minimum Gasteiger partial charge on any atom is -0.354 e. The highest BCUT2D eigenvalue weighted by Crippen LogP contribution is 2.19. The Bertz CT molecular complexity index is 1020. The number of carbonyl (C=O) groups excluding carboxylic acids is 2. The van der Waals surface area contributed by atoms with Crippen LogP contribution in [-0.2, 0) is 28.3 Å². The molecular formula is C29H34N2O2S. The molecule has 3 aromatic carbocycles. The van der Waals surface area contributed by atoms with Gasteiger partial charge in [0.05, 0.1) is 5.75 Å². The topological polar surface area (TPSA) is 49.4 Å². The fourth-order valence-electron chi connectivity index (χ4n) is 3.72. The number of nitrogens with one attached hydrogen (secondary N) is 1. The van der Waals surface area contributed by atoms with Crippen LogP contribution in [0, 0.1) is 6.92 Å². The van der Waals surface area contributed by atoms with Crippen LogP contribution in [0.5, 0.6) is 0 Å². The van der Waals surface area contributed by atoms with Gasteiger partial charge in [-0.05, 0) is 30.0 Å². The van der Waals surface area contributed by atoms with Gasteiger partial charge in [0.1, 0.15) is 6.04 Å². The van der Waals surface area contributed by atoms with Crippen LogP contribution in [0.1, 0.15) is 35.6 Å². The van der Waals surface area contributed by atoms with Crippen LogP contribution in [0.15, 0.2) is 84.9 Å². The number of rotatable bonds is 12. The van der Waals surface area contributed by atoms with Crippen LogP contribution in [0.2, 0.25) is 0 Å². The molecule has 0 aliphatic rings. The Morgan fingerprint density at radius 2 is 1.47 bits per heavy atom. The third-order valence-electron chi connectivity index (χ3n) is 5.63. The maximum atomic E-state index is 13.5. The van der Waals surface area contributed by atoms with Crippen molar-refractivity contribution in [3.05, 3.63) is 107 Å². The Morgan fingerprint density at radius 1 is 0.853 bits per heavy atom. The van der Waals surface area contributed by atoms with E-state index in [2.05, 4.69) is 36.5 Å². The number of hydrogen-bond acceptors (Lipinski definition) is 3. The summed E-state index contributed by atoms with van der Waals surface area (Å²) in [6, 6.07) is 27.6. The summed E-state index contributed by atoms with van der Waals surface area (Å²) in [6.45, 7) is 5.10. The summed E-state index contributed by atoms with van der Waals surface area (Å²) in [5.41, 5.74) is 4.47. The first-order chi connectivity index (χ1) is 16.6. The number of hydrogen-bond donors (Lipinski definition) is 1. The summed E-state index contributed by atoms with van der Waals surface area (Å²) in [4.78, 5) is 28.5. The second-order valence-corrected chi connectivity index (χ2v) is 9.47. The van der Waals surface area contributed by atoms with E-state index in [1.54, 1.807) is 16.7 Å². The molecule has 0 aliphatic carbocycles. The summed E-state index contributed by atoms with van der Waals surface area (Å²) in [6.07, 6.45) is 1.33. The first-order valence-electron chi connectivity index (χ1n) is 11.8. The summed E-state index contributed by atoms with van der Waals surface area (Å²) in [5, 5.41) is 3.02. The summed E-state index contributed by atoms with van der Waals surface area (Å²) >= 11 is 1.59. The van der Waals surface area contributed by atoms with Crippen LogP contribution in [0.25, 0.3) is 0 Å². The zero-order valence-electron chi connectivity index (χ0n) is 20.1. The average Bonchev–Trinajstić information content (AvgIpc) is 2.87. The van der Waals surface area contributed by atoms with Gasteiger partial charge in [-0.2, -0.15) is 0 Å². The number of amides is 2. The Kier molecular flexibility index (Phi) is 10.2. The van der Waals surface area contributed by atoms with E-state index in [1.807, 2.05) is 67.6 Å². The zero-order chi connectivity index (χ0) is 24.2. The van der Waals surface area contributed by atoms with Crippen molar-refractivity contribution < 1.29 is 9.59 Å². The predicted molar refractivity (Wildman–Crippen MR) is 142 cm³/mol. The molecule has 3 aromatic rings. The van der Waals surface area contributed by atoms with Gasteiger partial charge in [-0.15, -0.1) is 11.8 Å². The van der Waals surface area contributed by atoms with E-state index in [0.29, 0.717) is 25.3 Å². The van der Waals surface area contributed by atoms with Crippen molar-refractivity contribution in [3.8, 4) is 0 Å². The summed E-state index contributed by atoms with van der Waals surface area (Å²) in [5.74, 6) is 0.968. The Labute approximate surface area is 207 Å². The van der Waals surface area contributed by atoms with Crippen molar-refractivity contribution in [2.24, 2.45) is 0 Å². The molecule has 0 aromatic heterocycles. The van der Waals surface area contributed by atoms with Crippen LogP contribution < -0.4 is 5.32 Å². The highest BCUT2D eigenvalue weighted by atomic mass is 32.2. The van der Waals surface area contributed by atoms with Crippen molar-refractivity contribution in [2.75, 3.05) is 12.3 Å². The molecule has 0 spiro atoms. The molecule has 178 valence electrons. The fourth-order valence-corrected chi connectivity index (χ4v) is 4.59. The lowest BCUT2D eigenvalue weighted by Gasteiger charge is -2.31. The van der Waals surface area contributed by atoms with E-state index in [1.165, 1.54) is 11.1 Å². The third-order valence-corrected chi connectivity index (χ3v) is 6.62. The molecule has 1 atom stereocenters. The number of benzene rings is 3. The van der Waals surface area contributed by atoms with Crippen LogP contribution in [-0.4, -0.2) is 35.1 Å². The van der Waals surface area contributed by atoms with Crippen molar-refractivity contribution in [2.45, 2.75) is 45.0 Å². The smallest absolute Gasteiger partial charge is 0.243 e. The molecule has 3 rings (SSSR count). The van der Waals surface area contributed by atoms with E-state index in [9.17, 15) is 9.59 Å². The highest BCUT2D eigenvalue weighted by molar-refractivity contribution is 7.99. The number of thioether (sulfide) groups is 1. The lowest BCUT2D eigenvalue weighted by Crippen LogP contribution is -2.51. The molecule has 2 amide bonds. The normalized spacial score (nSPS) is 11.6. The fraction of sp³-hybridized carbons (Fsp3) is 0.310. The third kappa shape index (κ3) is 8.07. The lowest BCUT2D eigenvalue weighted by molar-refractivity contribution is -0.139. The first kappa shape index (κ1) is 25.6. The van der Waals surface area contributed by atoms with Crippen LogP contribution in [0.3, 0.4) is 0 Å². The van der Waals surface area contributed by atoms with Gasteiger partial charge in [-0.3, -0.25) is 9.59 Å². The van der Waals surface area contributed by atoms with E-state index in [0.717, 1.165) is 23.3 Å². The van der Waals surface area contributed by atoms with Crippen LogP contribution >= 0.6 is 11.8 Å².